The van der Waals surface area contributed by atoms with Crippen LogP contribution in [0.5, 0.6) is 0 Å². The molecule has 3 atom stereocenters. The van der Waals surface area contributed by atoms with E-state index in [9.17, 15) is 4.79 Å². The highest BCUT2D eigenvalue weighted by atomic mass is 16.5. The summed E-state index contributed by atoms with van der Waals surface area (Å²) in [5.74, 6) is -0.134. The fourth-order valence-corrected chi connectivity index (χ4v) is 2.28. The lowest BCUT2D eigenvalue weighted by Crippen LogP contribution is -2.39. The van der Waals surface area contributed by atoms with E-state index in [0.29, 0.717) is 13.2 Å². The summed E-state index contributed by atoms with van der Waals surface area (Å²) in [6, 6.07) is 0.0122. The summed E-state index contributed by atoms with van der Waals surface area (Å²) in [7, 11) is 0. The quantitative estimate of drug-likeness (QED) is 0.618. The molecule has 0 aromatic carbocycles. The maximum Gasteiger partial charge on any atom is 0.314 e. The average molecular weight is 185 g/mol. The number of fused-ring (bicyclic) bond motifs is 2. The van der Waals surface area contributed by atoms with Crippen molar-refractivity contribution in [2.75, 3.05) is 13.2 Å². The molecule has 0 amide bonds. The van der Waals surface area contributed by atoms with Gasteiger partial charge in [-0.15, -0.1) is 0 Å². The first-order valence-corrected chi connectivity index (χ1v) is 4.72. The van der Waals surface area contributed by atoms with Crippen LogP contribution in [0.2, 0.25) is 0 Å². The second-order valence-corrected chi connectivity index (χ2v) is 3.92. The number of esters is 1. The van der Waals surface area contributed by atoms with Crippen LogP contribution in [0.1, 0.15) is 19.8 Å². The Morgan fingerprint density at radius 3 is 2.92 bits per heavy atom. The molecular formula is C9H15NO3. The highest BCUT2D eigenvalue weighted by molar-refractivity contribution is 5.78. The third-order valence-corrected chi connectivity index (χ3v) is 2.98. The zero-order chi connectivity index (χ0) is 9.47. The molecule has 0 spiro atoms. The molecule has 2 rings (SSSR count). The summed E-state index contributed by atoms with van der Waals surface area (Å²) in [6.45, 7) is 2.74. The van der Waals surface area contributed by atoms with E-state index in [-0.39, 0.29) is 18.1 Å². The van der Waals surface area contributed by atoms with E-state index in [2.05, 4.69) is 0 Å². The number of carbonyl (C=O) groups excluding carboxylic acids is 1. The molecule has 0 aromatic heterocycles. The van der Waals surface area contributed by atoms with Crippen LogP contribution in [0.15, 0.2) is 0 Å². The van der Waals surface area contributed by atoms with E-state index in [0.717, 1.165) is 12.8 Å². The van der Waals surface area contributed by atoms with E-state index in [1.54, 1.807) is 0 Å². The summed E-state index contributed by atoms with van der Waals surface area (Å²) in [6.07, 6.45) is 1.54. The molecule has 1 aliphatic carbocycles. The second-order valence-electron chi connectivity index (χ2n) is 3.92. The average Bonchev–Trinajstić information content (AvgIpc) is 2.62. The Bertz CT molecular complexity index is 227. The van der Waals surface area contributed by atoms with Crippen LogP contribution in [-0.2, 0) is 14.3 Å². The first-order valence-electron chi connectivity index (χ1n) is 4.72. The van der Waals surface area contributed by atoms with Gasteiger partial charge in [0.15, 0.2) is 0 Å². The van der Waals surface area contributed by atoms with Crippen LogP contribution < -0.4 is 5.73 Å². The molecule has 2 N–H and O–H groups in total. The van der Waals surface area contributed by atoms with Gasteiger partial charge >= 0.3 is 5.97 Å². The van der Waals surface area contributed by atoms with Crippen LogP contribution in [0.4, 0.5) is 0 Å². The Balaban J connectivity index is 2.09. The van der Waals surface area contributed by atoms with Gasteiger partial charge in [0.05, 0.1) is 24.7 Å². The number of hydrogen-bond donors (Lipinski definition) is 1. The first-order chi connectivity index (χ1) is 6.18. The van der Waals surface area contributed by atoms with E-state index in [4.69, 9.17) is 15.2 Å². The van der Waals surface area contributed by atoms with E-state index < -0.39 is 5.41 Å². The molecular weight excluding hydrogens is 170 g/mol. The van der Waals surface area contributed by atoms with Gasteiger partial charge in [0.25, 0.3) is 0 Å². The van der Waals surface area contributed by atoms with Crippen LogP contribution in [0.25, 0.3) is 0 Å². The molecule has 3 unspecified atom stereocenters. The second kappa shape index (κ2) is 2.96. The van der Waals surface area contributed by atoms with Crippen LogP contribution in [-0.4, -0.2) is 31.3 Å². The van der Waals surface area contributed by atoms with Gasteiger partial charge in [-0.25, -0.2) is 0 Å². The Labute approximate surface area is 77.4 Å². The molecule has 4 heteroatoms. The molecule has 2 fully saturated rings. The van der Waals surface area contributed by atoms with E-state index in [1.807, 2.05) is 6.92 Å². The van der Waals surface area contributed by atoms with Crippen molar-refractivity contribution in [1.82, 2.24) is 0 Å². The molecule has 1 saturated heterocycles. The van der Waals surface area contributed by atoms with Crippen molar-refractivity contribution in [2.24, 2.45) is 11.1 Å². The minimum absolute atomic E-state index is 0.0122. The standard InChI is InChI=1S/C9H15NO3/c1-2-12-8(11)9-3-6(10)7(4-9)13-5-9/h6-7H,2-5,10H2,1H3. The monoisotopic (exact) mass is 185 g/mol. The Hall–Kier alpha value is -0.610. The highest BCUT2D eigenvalue weighted by Crippen LogP contribution is 2.46. The number of ether oxygens (including phenoxy) is 2. The first kappa shape index (κ1) is 8.97. The number of carbonyl (C=O) groups is 1. The minimum Gasteiger partial charge on any atom is -0.465 e. The molecule has 13 heavy (non-hydrogen) atoms. The molecule has 0 aromatic rings. The maximum atomic E-state index is 11.6. The topological polar surface area (TPSA) is 61.5 Å². The van der Waals surface area contributed by atoms with Crippen LogP contribution in [0, 0.1) is 5.41 Å². The van der Waals surface area contributed by atoms with Crippen molar-refractivity contribution in [3.63, 3.8) is 0 Å². The fraction of sp³-hybridized carbons (Fsp3) is 0.889. The van der Waals surface area contributed by atoms with Gasteiger partial charge in [0.1, 0.15) is 0 Å². The summed E-state index contributed by atoms with van der Waals surface area (Å²) in [5.41, 5.74) is 5.39. The van der Waals surface area contributed by atoms with Gasteiger partial charge in [0, 0.05) is 6.04 Å². The van der Waals surface area contributed by atoms with Gasteiger partial charge in [-0.2, -0.15) is 0 Å². The smallest absolute Gasteiger partial charge is 0.314 e. The minimum atomic E-state index is -0.417. The van der Waals surface area contributed by atoms with Crippen LogP contribution >= 0.6 is 0 Å². The van der Waals surface area contributed by atoms with E-state index in [1.165, 1.54) is 0 Å². The fourth-order valence-electron chi connectivity index (χ4n) is 2.28. The zero-order valence-electron chi connectivity index (χ0n) is 7.79. The third-order valence-electron chi connectivity index (χ3n) is 2.98. The number of nitrogens with two attached hydrogens (primary N) is 1. The lowest BCUT2D eigenvalue weighted by atomic mass is 9.88. The lowest BCUT2D eigenvalue weighted by Gasteiger charge is -2.25. The molecule has 1 saturated carbocycles. The number of rotatable bonds is 2. The molecule has 1 heterocycles. The SMILES string of the molecule is CCOC(=O)C12COC(C1)C(N)C2. The zero-order valence-corrected chi connectivity index (χ0v) is 7.79. The predicted molar refractivity (Wildman–Crippen MR) is 46.0 cm³/mol. The van der Waals surface area contributed by atoms with Crippen molar-refractivity contribution in [3.05, 3.63) is 0 Å². The van der Waals surface area contributed by atoms with E-state index >= 15 is 0 Å². The number of hydrogen-bond acceptors (Lipinski definition) is 4. The summed E-state index contributed by atoms with van der Waals surface area (Å²) >= 11 is 0. The van der Waals surface area contributed by atoms with Gasteiger partial charge < -0.3 is 15.2 Å². The Kier molecular flexibility index (Phi) is 2.04. The van der Waals surface area contributed by atoms with Crippen molar-refractivity contribution >= 4 is 5.97 Å². The normalized spacial score (nSPS) is 42.3. The summed E-state index contributed by atoms with van der Waals surface area (Å²) in [4.78, 5) is 11.6. The maximum absolute atomic E-state index is 11.6. The lowest BCUT2D eigenvalue weighted by molar-refractivity contribution is -0.156. The Morgan fingerprint density at radius 1 is 1.69 bits per heavy atom. The highest BCUT2D eigenvalue weighted by Gasteiger charge is 2.56. The van der Waals surface area contributed by atoms with Gasteiger partial charge in [-0.1, -0.05) is 0 Å². The van der Waals surface area contributed by atoms with Gasteiger partial charge in [0.2, 0.25) is 0 Å². The molecule has 0 radical (unpaired) electrons. The molecule has 74 valence electrons. The summed E-state index contributed by atoms with van der Waals surface area (Å²) in [5, 5.41) is 0. The van der Waals surface area contributed by atoms with Crippen molar-refractivity contribution in [2.45, 2.75) is 31.9 Å². The Morgan fingerprint density at radius 2 is 2.46 bits per heavy atom. The molecule has 4 nitrogen and oxygen atoms in total. The van der Waals surface area contributed by atoms with Gasteiger partial charge in [-0.3, -0.25) is 4.79 Å². The molecule has 1 aliphatic heterocycles. The van der Waals surface area contributed by atoms with Crippen molar-refractivity contribution in [1.29, 1.82) is 0 Å². The van der Waals surface area contributed by atoms with Crippen molar-refractivity contribution in [3.8, 4) is 0 Å². The van der Waals surface area contributed by atoms with Gasteiger partial charge in [-0.05, 0) is 19.8 Å². The summed E-state index contributed by atoms with van der Waals surface area (Å²) < 4.78 is 10.4. The van der Waals surface area contributed by atoms with Crippen molar-refractivity contribution < 1.29 is 14.3 Å². The third kappa shape index (κ3) is 1.25. The molecule has 2 aliphatic rings. The predicted octanol–water partition coefficient (Wildman–Crippen LogP) is 0.0558. The largest absolute Gasteiger partial charge is 0.465 e. The molecule has 2 bridgehead atoms. The van der Waals surface area contributed by atoms with Crippen LogP contribution in [0.3, 0.4) is 0 Å².